The molecule has 1 N–H and O–H groups in total. The topological polar surface area (TPSA) is 93.9 Å². The average Bonchev–Trinajstić information content (AvgIpc) is 3.34. The van der Waals surface area contributed by atoms with Crippen LogP contribution in [0.25, 0.3) is 10.2 Å². The smallest absolute Gasteiger partial charge is 0.413 e. The fourth-order valence-corrected chi connectivity index (χ4v) is 4.56. The maximum Gasteiger partial charge on any atom is 0.413 e. The Balaban J connectivity index is 1.77. The first-order valence-corrected chi connectivity index (χ1v) is 11.7. The number of thiophene rings is 1. The number of carbonyl (C=O) groups excluding carboxylic acids is 2. The number of fused-ring (bicyclic) bond motifs is 1. The van der Waals surface area contributed by atoms with Crippen LogP contribution < -0.4 is 10.1 Å². The van der Waals surface area contributed by atoms with E-state index < -0.39 is 11.7 Å². The predicted molar refractivity (Wildman–Crippen MR) is 128 cm³/mol. The molecule has 0 saturated heterocycles. The highest BCUT2D eigenvalue weighted by Gasteiger charge is 2.25. The lowest BCUT2D eigenvalue weighted by molar-refractivity contribution is 0.0236. The Kier molecular flexibility index (Phi) is 7.54. The summed E-state index contributed by atoms with van der Waals surface area (Å²) in [5, 5.41) is 2.87. The van der Waals surface area contributed by atoms with E-state index in [4.69, 9.17) is 25.5 Å². The molecule has 0 aromatic carbocycles. The monoisotopic (exact) mass is 493 g/mol. The predicted octanol–water partition coefficient (Wildman–Crippen LogP) is 5.94. The van der Waals surface area contributed by atoms with Gasteiger partial charge in [0.05, 0.1) is 23.0 Å². The summed E-state index contributed by atoms with van der Waals surface area (Å²) in [5.41, 5.74) is 1.04. The molecule has 10 heteroatoms. The molecule has 3 aromatic rings. The number of halogens is 1. The SMILES string of the molecule is Cc1c(C[C@H](C)N(C)C(=O)OC(C)(C)C)sc2c(OC(=O)NCc3ccco3)cc(Cl)nc12. The van der Waals surface area contributed by atoms with Gasteiger partial charge in [0.15, 0.2) is 5.75 Å². The van der Waals surface area contributed by atoms with Crippen molar-refractivity contribution >= 4 is 45.3 Å². The summed E-state index contributed by atoms with van der Waals surface area (Å²) in [6.45, 7) is 9.60. The zero-order valence-corrected chi connectivity index (χ0v) is 21.1. The molecule has 0 aliphatic heterocycles. The van der Waals surface area contributed by atoms with Crippen molar-refractivity contribution in [2.75, 3.05) is 7.05 Å². The van der Waals surface area contributed by atoms with Crippen LogP contribution in [-0.2, 0) is 17.7 Å². The van der Waals surface area contributed by atoms with Gasteiger partial charge in [-0.3, -0.25) is 0 Å². The molecule has 0 saturated carbocycles. The van der Waals surface area contributed by atoms with Gasteiger partial charge in [-0.2, -0.15) is 0 Å². The van der Waals surface area contributed by atoms with Crippen LogP contribution in [0.4, 0.5) is 9.59 Å². The zero-order chi connectivity index (χ0) is 24.3. The van der Waals surface area contributed by atoms with Crippen LogP contribution >= 0.6 is 22.9 Å². The molecule has 2 amide bonds. The molecular formula is C23H28ClN3O5S. The highest BCUT2D eigenvalue weighted by atomic mass is 35.5. The van der Waals surface area contributed by atoms with Crippen LogP contribution in [0, 0.1) is 6.92 Å². The van der Waals surface area contributed by atoms with Crippen molar-refractivity contribution in [2.45, 2.75) is 59.2 Å². The van der Waals surface area contributed by atoms with Gasteiger partial charge in [-0.05, 0) is 52.3 Å². The highest BCUT2D eigenvalue weighted by Crippen LogP contribution is 2.38. The molecule has 3 aromatic heterocycles. The number of pyridine rings is 1. The summed E-state index contributed by atoms with van der Waals surface area (Å²) in [6.07, 6.45) is 1.11. The number of ether oxygens (including phenoxy) is 2. The molecule has 8 nitrogen and oxygen atoms in total. The second-order valence-corrected chi connectivity index (χ2v) is 10.2. The van der Waals surface area contributed by atoms with Crippen molar-refractivity contribution in [3.05, 3.63) is 45.8 Å². The number of aromatic nitrogens is 1. The van der Waals surface area contributed by atoms with Crippen molar-refractivity contribution < 1.29 is 23.5 Å². The molecule has 0 aliphatic rings. The van der Waals surface area contributed by atoms with Crippen LogP contribution in [0.1, 0.15) is 43.9 Å². The second-order valence-electron chi connectivity index (χ2n) is 8.74. The molecule has 0 spiro atoms. The van der Waals surface area contributed by atoms with Crippen LogP contribution in [0.15, 0.2) is 28.9 Å². The van der Waals surface area contributed by atoms with Gasteiger partial charge in [0.2, 0.25) is 0 Å². The highest BCUT2D eigenvalue weighted by molar-refractivity contribution is 7.19. The molecule has 0 unspecified atom stereocenters. The van der Waals surface area contributed by atoms with Crippen molar-refractivity contribution in [2.24, 2.45) is 0 Å². The van der Waals surface area contributed by atoms with Gasteiger partial charge in [0.1, 0.15) is 16.5 Å². The third-order valence-electron chi connectivity index (χ3n) is 4.92. The Morgan fingerprint density at radius 2 is 2.09 bits per heavy atom. The molecule has 178 valence electrons. The van der Waals surface area contributed by atoms with Crippen molar-refractivity contribution in [3.63, 3.8) is 0 Å². The fraction of sp³-hybridized carbons (Fsp3) is 0.435. The van der Waals surface area contributed by atoms with Gasteiger partial charge in [-0.25, -0.2) is 14.6 Å². The Morgan fingerprint density at radius 1 is 1.36 bits per heavy atom. The van der Waals surface area contributed by atoms with Gasteiger partial charge < -0.3 is 24.1 Å². The third-order valence-corrected chi connectivity index (χ3v) is 6.43. The van der Waals surface area contributed by atoms with Crippen LogP contribution in [0.2, 0.25) is 5.15 Å². The first-order chi connectivity index (χ1) is 15.4. The summed E-state index contributed by atoms with van der Waals surface area (Å²) in [6, 6.07) is 4.90. The second kappa shape index (κ2) is 10.0. The summed E-state index contributed by atoms with van der Waals surface area (Å²) in [7, 11) is 1.72. The summed E-state index contributed by atoms with van der Waals surface area (Å²) < 4.78 is 16.9. The number of carbonyl (C=O) groups is 2. The fourth-order valence-electron chi connectivity index (χ4n) is 3.06. The van der Waals surface area contributed by atoms with E-state index in [1.165, 1.54) is 23.7 Å². The van der Waals surface area contributed by atoms with Gasteiger partial charge in [0.25, 0.3) is 0 Å². The van der Waals surface area contributed by atoms with E-state index in [0.717, 1.165) is 10.4 Å². The minimum atomic E-state index is -0.624. The molecule has 0 aliphatic carbocycles. The molecule has 1 atom stereocenters. The molecule has 0 fully saturated rings. The normalized spacial score (nSPS) is 12.5. The van der Waals surface area contributed by atoms with Crippen molar-refractivity contribution in [3.8, 4) is 5.75 Å². The van der Waals surface area contributed by atoms with Crippen molar-refractivity contribution in [1.82, 2.24) is 15.2 Å². The lowest BCUT2D eigenvalue weighted by Crippen LogP contribution is -2.40. The first kappa shape index (κ1) is 24.9. The lowest BCUT2D eigenvalue weighted by atomic mass is 10.1. The molecule has 3 heterocycles. The van der Waals surface area contributed by atoms with Crippen LogP contribution in [0.3, 0.4) is 0 Å². The molecular weight excluding hydrogens is 466 g/mol. The van der Waals surface area contributed by atoms with Crippen LogP contribution in [0.5, 0.6) is 5.75 Å². The largest absolute Gasteiger partial charge is 0.467 e. The summed E-state index contributed by atoms with van der Waals surface area (Å²) >= 11 is 7.67. The Labute approximate surface area is 201 Å². The van der Waals surface area contributed by atoms with E-state index in [9.17, 15) is 9.59 Å². The zero-order valence-electron chi connectivity index (χ0n) is 19.5. The minimum absolute atomic E-state index is 0.122. The number of rotatable bonds is 6. The van der Waals surface area contributed by atoms with Gasteiger partial charge in [-0.1, -0.05) is 11.6 Å². The summed E-state index contributed by atoms with van der Waals surface area (Å²) in [4.78, 5) is 31.8. The van der Waals surface area contributed by atoms with Crippen molar-refractivity contribution in [1.29, 1.82) is 0 Å². The maximum atomic E-state index is 12.4. The van der Waals surface area contributed by atoms with Gasteiger partial charge in [-0.15, -0.1) is 11.3 Å². The van der Waals surface area contributed by atoms with E-state index in [2.05, 4.69) is 10.3 Å². The first-order valence-electron chi connectivity index (χ1n) is 10.5. The number of nitrogens with zero attached hydrogens (tertiary/aromatic N) is 2. The van der Waals surface area contributed by atoms with E-state index in [0.29, 0.717) is 28.1 Å². The number of furan rings is 1. The standard InChI is InChI=1S/C23H28ClN3O5S/c1-13(27(6)22(29)32-23(3,4)5)10-17-14(2)19-20(33-17)16(11-18(24)26-19)31-21(28)25-12-15-8-7-9-30-15/h7-9,11,13H,10,12H2,1-6H3,(H,25,28)/t13-/m0/s1. The van der Waals surface area contributed by atoms with Gasteiger partial charge in [0, 0.05) is 30.5 Å². The maximum absolute atomic E-state index is 12.4. The Bertz CT molecular complexity index is 1140. The van der Waals surface area contributed by atoms with E-state index in [1.807, 2.05) is 34.6 Å². The molecule has 0 bridgehead atoms. The Hall–Kier alpha value is -2.78. The van der Waals surface area contributed by atoms with Crippen LogP contribution in [-0.4, -0.2) is 40.8 Å². The average molecular weight is 494 g/mol. The number of hydrogen-bond acceptors (Lipinski definition) is 7. The van der Waals surface area contributed by atoms with E-state index in [-0.39, 0.29) is 23.8 Å². The molecule has 0 radical (unpaired) electrons. The van der Waals surface area contributed by atoms with Gasteiger partial charge >= 0.3 is 12.2 Å². The summed E-state index contributed by atoms with van der Waals surface area (Å²) in [5.74, 6) is 0.941. The number of amides is 2. The number of likely N-dealkylation sites (N-methyl/N-ethyl adjacent to an activating group) is 1. The molecule has 33 heavy (non-hydrogen) atoms. The lowest BCUT2D eigenvalue weighted by Gasteiger charge is -2.28. The minimum Gasteiger partial charge on any atom is -0.467 e. The number of hydrogen-bond donors (Lipinski definition) is 1. The number of nitrogens with one attached hydrogen (secondary N) is 1. The Morgan fingerprint density at radius 3 is 2.73 bits per heavy atom. The number of aryl methyl sites for hydroxylation is 1. The third kappa shape index (κ3) is 6.39. The van der Waals surface area contributed by atoms with E-state index >= 15 is 0 Å². The quantitative estimate of drug-likeness (QED) is 0.427. The van der Waals surface area contributed by atoms with E-state index in [1.54, 1.807) is 24.1 Å². The molecule has 3 rings (SSSR count).